The van der Waals surface area contributed by atoms with Gasteiger partial charge in [-0.3, -0.25) is 0 Å². The molecule has 1 heterocycles. The van der Waals surface area contributed by atoms with Crippen molar-refractivity contribution in [2.45, 2.75) is 26.9 Å². The van der Waals surface area contributed by atoms with Gasteiger partial charge in [0.05, 0.1) is 7.11 Å². The molecule has 0 atom stereocenters. The molecule has 2 amide bonds. The number of methoxy groups -OCH3 is 1. The van der Waals surface area contributed by atoms with Crippen LogP contribution in [0.1, 0.15) is 22.6 Å². The molecule has 0 aliphatic rings. The minimum atomic E-state index is -0.201. The lowest BCUT2D eigenvalue weighted by Gasteiger charge is -2.09. The second-order valence-corrected chi connectivity index (χ2v) is 6.02. The van der Waals surface area contributed by atoms with Crippen LogP contribution in [0.5, 0.6) is 5.75 Å². The van der Waals surface area contributed by atoms with Crippen LogP contribution in [-0.2, 0) is 13.1 Å². The average molecular weight is 338 g/mol. The molecular formula is C20H22N2O3. The van der Waals surface area contributed by atoms with Gasteiger partial charge in [0.15, 0.2) is 0 Å². The number of rotatable bonds is 5. The topological polar surface area (TPSA) is 63.5 Å². The highest BCUT2D eigenvalue weighted by atomic mass is 16.5. The molecule has 0 fully saturated rings. The first-order valence-electron chi connectivity index (χ1n) is 8.19. The highest BCUT2D eigenvalue weighted by Crippen LogP contribution is 2.21. The van der Waals surface area contributed by atoms with Crippen LogP contribution < -0.4 is 15.4 Å². The van der Waals surface area contributed by atoms with Gasteiger partial charge in [0.2, 0.25) is 0 Å². The molecule has 0 aliphatic carbocycles. The van der Waals surface area contributed by atoms with E-state index in [1.54, 1.807) is 7.11 Å². The third-order valence-corrected chi connectivity index (χ3v) is 4.15. The number of hydrogen-bond donors (Lipinski definition) is 2. The van der Waals surface area contributed by atoms with Crippen LogP contribution in [-0.4, -0.2) is 13.1 Å². The number of carbonyl (C=O) groups is 1. The minimum absolute atomic E-state index is 0.201. The monoisotopic (exact) mass is 338 g/mol. The summed E-state index contributed by atoms with van der Waals surface area (Å²) in [7, 11) is 1.66. The van der Waals surface area contributed by atoms with Gasteiger partial charge in [-0.15, -0.1) is 0 Å². The molecule has 0 aliphatic heterocycles. The average Bonchev–Trinajstić information content (AvgIpc) is 2.94. The Morgan fingerprint density at radius 2 is 1.72 bits per heavy atom. The van der Waals surface area contributed by atoms with Crippen LogP contribution in [0, 0.1) is 13.8 Å². The summed E-state index contributed by atoms with van der Waals surface area (Å²) in [4.78, 5) is 12.0. The summed E-state index contributed by atoms with van der Waals surface area (Å²) in [6, 6.07) is 13.8. The zero-order valence-corrected chi connectivity index (χ0v) is 14.7. The van der Waals surface area contributed by atoms with Crippen molar-refractivity contribution in [2.24, 2.45) is 0 Å². The van der Waals surface area contributed by atoms with E-state index in [0.29, 0.717) is 13.1 Å². The van der Waals surface area contributed by atoms with Crippen molar-refractivity contribution < 1.29 is 13.9 Å². The highest BCUT2D eigenvalue weighted by molar-refractivity contribution is 5.84. The zero-order chi connectivity index (χ0) is 17.8. The molecule has 25 heavy (non-hydrogen) atoms. The molecule has 130 valence electrons. The first-order chi connectivity index (χ1) is 12.0. The predicted molar refractivity (Wildman–Crippen MR) is 97.8 cm³/mol. The number of ether oxygens (including phenoxy) is 1. The van der Waals surface area contributed by atoms with Crippen LogP contribution in [0.2, 0.25) is 0 Å². The molecule has 5 heteroatoms. The summed E-state index contributed by atoms with van der Waals surface area (Å²) < 4.78 is 10.7. The third-order valence-electron chi connectivity index (χ3n) is 4.15. The Morgan fingerprint density at radius 1 is 1.00 bits per heavy atom. The SMILES string of the molecule is COc1ccc2cc(CNC(=O)NCc3cc(C)oc3C)ccc2c1. The van der Waals surface area contributed by atoms with Crippen LogP contribution in [0.15, 0.2) is 46.9 Å². The van der Waals surface area contributed by atoms with Gasteiger partial charge in [0.25, 0.3) is 0 Å². The maximum absolute atomic E-state index is 12.0. The Labute approximate surface area is 147 Å². The van der Waals surface area contributed by atoms with Crippen molar-refractivity contribution in [3.05, 3.63) is 65.1 Å². The molecule has 0 saturated heterocycles. The number of urea groups is 1. The Hall–Kier alpha value is -2.95. The van der Waals surface area contributed by atoms with Crippen molar-refractivity contribution in [1.82, 2.24) is 10.6 Å². The molecule has 1 aromatic heterocycles. The van der Waals surface area contributed by atoms with E-state index >= 15 is 0 Å². The van der Waals surface area contributed by atoms with Gasteiger partial charge >= 0.3 is 6.03 Å². The van der Waals surface area contributed by atoms with Crippen LogP contribution in [0.3, 0.4) is 0 Å². The van der Waals surface area contributed by atoms with Crippen molar-refractivity contribution >= 4 is 16.8 Å². The molecule has 0 spiro atoms. The molecule has 0 bridgehead atoms. The smallest absolute Gasteiger partial charge is 0.315 e. The Morgan fingerprint density at radius 3 is 2.44 bits per heavy atom. The van der Waals surface area contributed by atoms with Crippen LogP contribution in [0.25, 0.3) is 10.8 Å². The molecule has 5 nitrogen and oxygen atoms in total. The lowest BCUT2D eigenvalue weighted by Crippen LogP contribution is -2.34. The minimum Gasteiger partial charge on any atom is -0.497 e. The van der Waals surface area contributed by atoms with E-state index in [2.05, 4.69) is 16.7 Å². The van der Waals surface area contributed by atoms with Crippen molar-refractivity contribution in [1.29, 1.82) is 0 Å². The number of hydrogen-bond acceptors (Lipinski definition) is 3. The zero-order valence-electron chi connectivity index (χ0n) is 14.7. The maximum atomic E-state index is 12.0. The Bertz CT molecular complexity index is 899. The van der Waals surface area contributed by atoms with E-state index < -0.39 is 0 Å². The summed E-state index contributed by atoms with van der Waals surface area (Å²) in [5.41, 5.74) is 2.04. The van der Waals surface area contributed by atoms with Crippen LogP contribution >= 0.6 is 0 Å². The number of benzene rings is 2. The number of carbonyl (C=O) groups excluding carboxylic acids is 1. The highest BCUT2D eigenvalue weighted by Gasteiger charge is 2.07. The van der Waals surface area contributed by atoms with E-state index in [1.807, 2.05) is 50.2 Å². The summed E-state index contributed by atoms with van der Waals surface area (Å²) in [6.45, 7) is 4.71. The predicted octanol–water partition coefficient (Wildman–Crippen LogP) is 4.06. The lowest BCUT2D eigenvalue weighted by atomic mass is 10.1. The molecule has 3 aromatic rings. The molecule has 3 rings (SSSR count). The standard InChI is InChI=1S/C20H22N2O3/c1-13-8-18(14(2)25-13)12-22-20(23)21-11-15-4-5-17-10-19(24-3)7-6-16(17)9-15/h4-10H,11-12H2,1-3H3,(H2,21,22,23). The second kappa shape index (κ2) is 7.30. The second-order valence-electron chi connectivity index (χ2n) is 6.02. The van der Waals surface area contributed by atoms with Gasteiger partial charge in [0.1, 0.15) is 17.3 Å². The summed E-state index contributed by atoms with van der Waals surface area (Å²) in [5.74, 6) is 2.52. The molecule has 2 aromatic carbocycles. The van der Waals surface area contributed by atoms with Gasteiger partial charge in [-0.05, 0) is 54.4 Å². The van der Waals surface area contributed by atoms with E-state index in [-0.39, 0.29) is 6.03 Å². The number of amides is 2. The number of furan rings is 1. The Balaban J connectivity index is 1.56. The summed E-state index contributed by atoms with van der Waals surface area (Å²) in [6.07, 6.45) is 0. The number of nitrogens with one attached hydrogen (secondary N) is 2. The normalized spacial score (nSPS) is 10.7. The molecule has 2 N–H and O–H groups in total. The molecule has 0 radical (unpaired) electrons. The maximum Gasteiger partial charge on any atom is 0.315 e. The fraction of sp³-hybridized carbons (Fsp3) is 0.250. The molecule has 0 unspecified atom stereocenters. The summed E-state index contributed by atoms with van der Waals surface area (Å²) in [5, 5.41) is 7.95. The van der Waals surface area contributed by atoms with Gasteiger partial charge in [0, 0.05) is 18.7 Å². The summed E-state index contributed by atoms with van der Waals surface area (Å²) >= 11 is 0. The van der Waals surface area contributed by atoms with Gasteiger partial charge in [-0.1, -0.05) is 18.2 Å². The number of fused-ring (bicyclic) bond motifs is 1. The fourth-order valence-electron chi connectivity index (χ4n) is 2.79. The Kier molecular flexibility index (Phi) is 4.93. The van der Waals surface area contributed by atoms with Crippen molar-refractivity contribution in [3.63, 3.8) is 0 Å². The van der Waals surface area contributed by atoms with E-state index in [0.717, 1.165) is 39.2 Å². The fourth-order valence-corrected chi connectivity index (χ4v) is 2.79. The largest absolute Gasteiger partial charge is 0.497 e. The number of aryl methyl sites for hydroxylation is 2. The quantitative estimate of drug-likeness (QED) is 0.737. The molecule has 0 saturated carbocycles. The van der Waals surface area contributed by atoms with Crippen molar-refractivity contribution in [2.75, 3.05) is 7.11 Å². The first-order valence-corrected chi connectivity index (χ1v) is 8.19. The van der Waals surface area contributed by atoms with Gasteiger partial charge < -0.3 is 19.8 Å². The van der Waals surface area contributed by atoms with Gasteiger partial charge in [-0.2, -0.15) is 0 Å². The van der Waals surface area contributed by atoms with E-state index in [4.69, 9.17) is 9.15 Å². The first kappa shape index (κ1) is 16.9. The van der Waals surface area contributed by atoms with Crippen LogP contribution in [0.4, 0.5) is 4.79 Å². The van der Waals surface area contributed by atoms with Gasteiger partial charge in [-0.25, -0.2) is 4.79 Å². The lowest BCUT2D eigenvalue weighted by molar-refractivity contribution is 0.240. The van der Waals surface area contributed by atoms with E-state index in [9.17, 15) is 4.79 Å². The third kappa shape index (κ3) is 4.12. The van der Waals surface area contributed by atoms with E-state index in [1.165, 1.54) is 0 Å². The molecular weight excluding hydrogens is 316 g/mol. The van der Waals surface area contributed by atoms with Crippen molar-refractivity contribution in [3.8, 4) is 5.75 Å².